The van der Waals surface area contributed by atoms with E-state index in [0.717, 1.165) is 25.3 Å². The van der Waals surface area contributed by atoms with E-state index in [0.29, 0.717) is 29.7 Å². The van der Waals surface area contributed by atoms with Gasteiger partial charge in [0.15, 0.2) is 5.96 Å². The Morgan fingerprint density at radius 2 is 2.18 bits per heavy atom. The number of nitrogens with zero attached hydrogens (tertiary/aromatic N) is 1. The number of hydrogen-bond donors (Lipinski definition) is 2. The van der Waals surface area contributed by atoms with Gasteiger partial charge in [-0.1, -0.05) is 12.2 Å². The van der Waals surface area contributed by atoms with Crippen molar-refractivity contribution < 1.29 is 13.9 Å². The fourth-order valence-corrected chi connectivity index (χ4v) is 2.34. The first kappa shape index (κ1) is 16.1. The molecule has 0 bridgehead atoms. The van der Waals surface area contributed by atoms with E-state index in [9.17, 15) is 4.79 Å². The third-order valence-electron chi connectivity index (χ3n) is 3.46. The monoisotopic (exact) mass is 305 g/mol. The first-order valence-electron chi connectivity index (χ1n) is 7.51. The van der Waals surface area contributed by atoms with Gasteiger partial charge in [0.2, 0.25) is 0 Å². The Hall–Kier alpha value is -2.24. The Labute approximate surface area is 130 Å². The lowest BCUT2D eigenvalue weighted by Crippen LogP contribution is -2.42. The molecule has 22 heavy (non-hydrogen) atoms. The van der Waals surface area contributed by atoms with E-state index in [1.54, 1.807) is 13.0 Å². The molecule has 0 saturated heterocycles. The average molecular weight is 305 g/mol. The molecule has 1 aromatic heterocycles. The van der Waals surface area contributed by atoms with Crippen molar-refractivity contribution in [3.63, 3.8) is 0 Å². The molecule has 6 nitrogen and oxygen atoms in total. The van der Waals surface area contributed by atoms with Crippen LogP contribution in [0.15, 0.2) is 27.6 Å². The van der Waals surface area contributed by atoms with Gasteiger partial charge in [0, 0.05) is 12.6 Å². The van der Waals surface area contributed by atoms with Gasteiger partial charge in [-0.2, -0.15) is 0 Å². The van der Waals surface area contributed by atoms with Gasteiger partial charge in [-0.25, -0.2) is 9.79 Å². The molecule has 120 valence electrons. The van der Waals surface area contributed by atoms with Crippen LogP contribution >= 0.6 is 0 Å². The second kappa shape index (κ2) is 7.68. The molecule has 1 heterocycles. The molecule has 2 rings (SSSR count). The fraction of sp³-hybridized carbons (Fsp3) is 0.500. The Morgan fingerprint density at radius 3 is 2.82 bits per heavy atom. The summed E-state index contributed by atoms with van der Waals surface area (Å²) in [5, 5.41) is 6.60. The quantitative estimate of drug-likeness (QED) is 0.377. The maximum absolute atomic E-state index is 11.6. The van der Waals surface area contributed by atoms with Crippen LogP contribution in [0.4, 0.5) is 0 Å². The number of methoxy groups -OCH3 is 1. The highest BCUT2D eigenvalue weighted by molar-refractivity contribution is 5.90. The maximum atomic E-state index is 11.6. The summed E-state index contributed by atoms with van der Waals surface area (Å²) >= 11 is 0. The van der Waals surface area contributed by atoms with Crippen LogP contribution in [0.5, 0.6) is 0 Å². The van der Waals surface area contributed by atoms with Crippen LogP contribution in [-0.4, -0.2) is 31.6 Å². The Bertz CT molecular complexity index is 567. The van der Waals surface area contributed by atoms with Crippen LogP contribution in [0, 0.1) is 6.92 Å². The van der Waals surface area contributed by atoms with Gasteiger partial charge in [-0.05, 0) is 32.8 Å². The zero-order valence-corrected chi connectivity index (χ0v) is 13.3. The lowest BCUT2D eigenvalue weighted by molar-refractivity contribution is 0.0599. The first-order valence-corrected chi connectivity index (χ1v) is 7.51. The molecule has 0 spiro atoms. The molecule has 0 atom stereocenters. The number of ether oxygens (including phenoxy) is 1. The van der Waals surface area contributed by atoms with Gasteiger partial charge in [0.1, 0.15) is 23.6 Å². The number of carbonyl (C=O) groups excluding carboxylic acids is 1. The third-order valence-corrected chi connectivity index (χ3v) is 3.46. The summed E-state index contributed by atoms with van der Waals surface area (Å²) < 4.78 is 10.3. The SMILES string of the molecule is CCNC(=NCc1cc(C(=O)OC)c(C)o1)NC1CC=CC1. The number of hydrogen-bond acceptors (Lipinski definition) is 4. The molecular formula is C16H23N3O3. The molecule has 1 aliphatic carbocycles. The van der Waals surface area contributed by atoms with Crippen molar-refractivity contribution in [3.05, 3.63) is 35.3 Å². The maximum Gasteiger partial charge on any atom is 0.341 e. The minimum Gasteiger partial charge on any atom is -0.465 e. The predicted molar refractivity (Wildman–Crippen MR) is 84.9 cm³/mol. The van der Waals surface area contributed by atoms with Crippen molar-refractivity contribution in [2.24, 2.45) is 4.99 Å². The number of aliphatic imine (C=N–C) groups is 1. The number of furan rings is 1. The standard InChI is InChI=1S/C16H23N3O3/c1-4-17-16(19-12-7-5-6-8-12)18-10-13-9-14(11(2)22-13)15(20)21-3/h5-6,9,12H,4,7-8,10H2,1-3H3,(H2,17,18,19). The highest BCUT2D eigenvalue weighted by Gasteiger charge is 2.16. The Balaban J connectivity index is 2.01. The van der Waals surface area contributed by atoms with Crippen LogP contribution in [0.3, 0.4) is 0 Å². The van der Waals surface area contributed by atoms with Crippen molar-refractivity contribution in [1.29, 1.82) is 0 Å². The third kappa shape index (κ3) is 4.13. The molecule has 0 aromatic carbocycles. The van der Waals surface area contributed by atoms with Gasteiger partial charge >= 0.3 is 5.97 Å². The van der Waals surface area contributed by atoms with E-state index < -0.39 is 5.97 Å². The minimum atomic E-state index is -0.390. The second-order valence-electron chi connectivity index (χ2n) is 5.15. The molecule has 1 aliphatic rings. The van der Waals surface area contributed by atoms with E-state index in [1.807, 2.05) is 6.92 Å². The number of esters is 1. The van der Waals surface area contributed by atoms with E-state index >= 15 is 0 Å². The van der Waals surface area contributed by atoms with E-state index in [-0.39, 0.29) is 0 Å². The lowest BCUT2D eigenvalue weighted by Gasteiger charge is -2.16. The fourth-order valence-electron chi connectivity index (χ4n) is 2.34. The predicted octanol–water partition coefficient (Wildman–Crippen LogP) is 2.15. The van der Waals surface area contributed by atoms with Crippen molar-refractivity contribution in [3.8, 4) is 0 Å². The topological polar surface area (TPSA) is 75.9 Å². The molecular weight excluding hydrogens is 282 g/mol. The van der Waals surface area contributed by atoms with Crippen LogP contribution in [0.25, 0.3) is 0 Å². The number of nitrogens with one attached hydrogen (secondary N) is 2. The Kier molecular flexibility index (Phi) is 5.63. The zero-order chi connectivity index (χ0) is 15.9. The highest BCUT2D eigenvalue weighted by Crippen LogP contribution is 2.16. The summed E-state index contributed by atoms with van der Waals surface area (Å²) in [4.78, 5) is 16.1. The van der Waals surface area contributed by atoms with Crippen molar-refractivity contribution in [2.45, 2.75) is 39.3 Å². The van der Waals surface area contributed by atoms with E-state index in [2.05, 4.69) is 27.8 Å². The first-order chi connectivity index (χ1) is 10.6. The number of rotatable bonds is 5. The molecule has 0 amide bonds. The lowest BCUT2D eigenvalue weighted by atomic mass is 10.2. The van der Waals surface area contributed by atoms with Crippen molar-refractivity contribution in [1.82, 2.24) is 10.6 Å². The molecule has 0 unspecified atom stereocenters. The van der Waals surface area contributed by atoms with Gasteiger partial charge in [-0.3, -0.25) is 0 Å². The number of aryl methyl sites for hydroxylation is 1. The van der Waals surface area contributed by atoms with Crippen LogP contribution in [0.2, 0.25) is 0 Å². The van der Waals surface area contributed by atoms with E-state index in [1.165, 1.54) is 7.11 Å². The normalized spacial score (nSPS) is 15.1. The molecule has 0 radical (unpaired) electrons. The van der Waals surface area contributed by atoms with Crippen LogP contribution < -0.4 is 10.6 Å². The minimum absolute atomic E-state index is 0.368. The van der Waals surface area contributed by atoms with Crippen molar-refractivity contribution in [2.75, 3.05) is 13.7 Å². The molecule has 6 heteroatoms. The van der Waals surface area contributed by atoms with Gasteiger partial charge in [0.05, 0.1) is 7.11 Å². The average Bonchev–Trinajstić information content (AvgIpc) is 3.14. The van der Waals surface area contributed by atoms with E-state index in [4.69, 9.17) is 9.15 Å². The summed E-state index contributed by atoms with van der Waals surface area (Å²) in [5.74, 6) is 1.55. The molecule has 0 aliphatic heterocycles. The molecule has 1 aromatic rings. The summed E-state index contributed by atoms with van der Waals surface area (Å²) in [7, 11) is 1.36. The molecule has 0 fully saturated rings. The largest absolute Gasteiger partial charge is 0.465 e. The molecule has 2 N–H and O–H groups in total. The van der Waals surface area contributed by atoms with Gasteiger partial charge in [0.25, 0.3) is 0 Å². The number of carbonyl (C=O) groups is 1. The zero-order valence-electron chi connectivity index (χ0n) is 13.3. The number of guanidine groups is 1. The van der Waals surface area contributed by atoms with Crippen LogP contribution in [0.1, 0.15) is 41.6 Å². The summed E-state index contributed by atoms with van der Waals surface area (Å²) in [6.45, 7) is 4.92. The molecule has 0 saturated carbocycles. The summed E-state index contributed by atoms with van der Waals surface area (Å²) in [5.41, 5.74) is 0.450. The highest BCUT2D eigenvalue weighted by atomic mass is 16.5. The second-order valence-corrected chi connectivity index (χ2v) is 5.15. The van der Waals surface area contributed by atoms with Crippen molar-refractivity contribution >= 4 is 11.9 Å². The smallest absolute Gasteiger partial charge is 0.341 e. The summed E-state index contributed by atoms with van der Waals surface area (Å²) in [6.07, 6.45) is 6.35. The van der Waals surface area contributed by atoms with Gasteiger partial charge in [-0.15, -0.1) is 0 Å². The Morgan fingerprint density at radius 1 is 1.45 bits per heavy atom. The van der Waals surface area contributed by atoms with Gasteiger partial charge < -0.3 is 19.8 Å². The van der Waals surface area contributed by atoms with Crippen LogP contribution in [-0.2, 0) is 11.3 Å². The summed E-state index contributed by atoms with van der Waals surface area (Å²) in [6, 6.07) is 2.08.